The van der Waals surface area contributed by atoms with Crippen molar-refractivity contribution in [2.24, 2.45) is 0 Å². The van der Waals surface area contributed by atoms with Crippen molar-refractivity contribution in [2.75, 3.05) is 11.5 Å². The number of carbonyl (C=O) groups is 1. The number of thioether (sulfide) groups is 1. The van der Waals surface area contributed by atoms with Crippen LogP contribution in [0.25, 0.3) is 0 Å². The topological polar surface area (TPSA) is 80.9 Å². The summed E-state index contributed by atoms with van der Waals surface area (Å²) in [5, 5.41) is 3.65. The normalized spacial score (nSPS) is 11.7. The number of rotatable bonds is 7. The molecular formula is C21H22N4OS. The standard InChI is InChI=1S/C21H22N4OS/c1-15-12-19(22)25-21(23-15)27-14-20(26)24-18(17-10-6-3-7-11-17)13-16-8-4-2-5-9-16/h2-12,18H,13-14H2,1H3,(H,24,26)(H2,22,23,25)/t18-/m0/s1. The molecule has 0 bridgehead atoms. The number of amides is 1. The van der Waals surface area contributed by atoms with E-state index in [0.29, 0.717) is 11.0 Å². The summed E-state index contributed by atoms with van der Waals surface area (Å²) >= 11 is 1.29. The fraction of sp³-hybridized carbons (Fsp3) is 0.190. The second-order valence-electron chi connectivity index (χ2n) is 6.23. The number of anilines is 1. The summed E-state index contributed by atoms with van der Waals surface area (Å²) in [6.07, 6.45) is 0.731. The van der Waals surface area contributed by atoms with Crippen molar-refractivity contribution in [2.45, 2.75) is 24.5 Å². The summed E-state index contributed by atoms with van der Waals surface area (Å²) in [7, 11) is 0. The maximum atomic E-state index is 12.5. The van der Waals surface area contributed by atoms with Gasteiger partial charge in [-0.1, -0.05) is 72.4 Å². The summed E-state index contributed by atoms with van der Waals surface area (Å²) in [5.74, 6) is 0.589. The molecule has 0 spiro atoms. The van der Waals surface area contributed by atoms with Gasteiger partial charge in [-0.05, 0) is 24.5 Å². The molecule has 138 valence electrons. The maximum absolute atomic E-state index is 12.5. The van der Waals surface area contributed by atoms with Crippen molar-refractivity contribution in [1.82, 2.24) is 15.3 Å². The van der Waals surface area contributed by atoms with Crippen molar-refractivity contribution in [3.05, 3.63) is 83.6 Å². The van der Waals surface area contributed by atoms with E-state index in [9.17, 15) is 4.79 Å². The molecule has 0 radical (unpaired) electrons. The third-order valence-electron chi connectivity index (χ3n) is 4.01. The van der Waals surface area contributed by atoms with E-state index >= 15 is 0 Å². The van der Waals surface area contributed by atoms with Gasteiger partial charge in [0, 0.05) is 11.8 Å². The number of aryl methyl sites for hydroxylation is 1. The van der Waals surface area contributed by atoms with Gasteiger partial charge in [-0.15, -0.1) is 0 Å². The quantitative estimate of drug-likeness (QED) is 0.485. The van der Waals surface area contributed by atoms with Crippen LogP contribution in [0.4, 0.5) is 5.82 Å². The first-order valence-electron chi connectivity index (χ1n) is 8.72. The van der Waals surface area contributed by atoms with E-state index in [-0.39, 0.29) is 17.7 Å². The molecule has 0 aliphatic heterocycles. The number of benzene rings is 2. The molecule has 0 unspecified atom stereocenters. The minimum absolute atomic E-state index is 0.0616. The van der Waals surface area contributed by atoms with E-state index < -0.39 is 0 Å². The SMILES string of the molecule is Cc1cc(N)nc(SCC(=O)N[C@@H](Cc2ccccc2)c2ccccc2)n1. The van der Waals surface area contributed by atoms with Gasteiger partial charge >= 0.3 is 0 Å². The number of nitrogens with two attached hydrogens (primary N) is 1. The summed E-state index contributed by atoms with van der Waals surface area (Å²) in [5.41, 5.74) is 8.79. The molecule has 0 saturated heterocycles. The summed E-state index contributed by atoms with van der Waals surface area (Å²) < 4.78 is 0. The first kappa shape index (κ1) is 18.9. The Hall–Kier alpha value is -2.86. The lowest BCUT2D eigenvalue weighted by atomic mass is 9.99. The van der Waals surface area contributed by atoms with E-state index in [1.165, 1.54) is 17.3 Å². The van der Waals surface area contributed by atoms with Crippen molar-refractivity contribution >= 4 is 23.5 Å². The fourth-order valence-corrected chi connectivity index (χ4v) is 3.50. The van der Waals surface area contributed by atoms with Crippen LogP contribution in [-0.4, -0.2) is 21.6 Å². The van der Waals surface area contributed by atoms with Gasteiger partial charge in [0.1, 0.15) is 5.82 Å². The molecule has 0 saturated carbocycles. The lowest BCUT2D eigenvalue weighted by Gasteiger charge is -2.19. The molecule has 1 amide bonds. The second-order valence-corrected chi connectivity index (χ2v) is 7.17. The van der Waals surface area contributed by atoms with E-state index in [0.717, 1.165) is 17.7 Å². The molecular weight excluding hydrogens is 356 g/mol. The van der Waals surface area contributed by atoms with Gasteiger partial charge in [0.05, 0.1) is 11.8 Å². The number of aromatic nitrogens is 2. The van der Waals surface area contributed by atoms with E-state index in [4.69, 9.17) is 5.73 Å². The first-order chi connectivity index (χ1) is 13.1. The van der Waals surface area contributed by atoms with Gasteiger partial charge in [0.2, 0.25) is 5.91 Å². The van der Waals surface area contributed by atoms with Crippen LogP contribution < -0.4 is 11.1 Å². The highest BCUT2D eigenvalue weighted by molar-refractivity contribution is 7.99. The Morgan fingerprint density at radius 2 is 1.74 bits per heavy atom. The number of carbonyl (C=O) groups excluding carboxylic acids is 1. The zero-order valence-electron chi connectivity index (χ0n) is 15.1. The number of hydrogen-bond donors (Lipinski definition) is 2. The van der Waals surface area contributed by atoms with Crippen LogP contribution in [-0.2, 0) is 11.2 Å². The Morgan fingerprint density at radius 1 is 1.07 bits per heavy atom. The predicted molar refractivity (Wildman–Crippen MR) is 109 cm³/mol. The first-order valence-corrected chi connectivity index (χ1v) is 9.71. The molecule has 3 N–H and O–H groups in total. The van der Waals surface area contributed by atoms with Crippen molar-refractivity contribution in [1.29, 1.82) is 0 Å². The second kappa shape index (κ2) is 9.19. The van der Waals surface area contributed by atoms with Crippen LogP contribution in [0.5, 0.6) is 0 Å². The molecule has 6 heteroatoms. The summed E-state index contributed by atoms with van der Waals surface area (Å²) in [4.78, 5) is 21.0. The van der Waals surface area contributed by atoms with Crippen molar-refractivity contribution < 1.29 is 4.79 Å². The number of nitrogens with one attached hydrogen (secondary N) is 1. The number of hydrogen-bond acceptors (Lipinski definition) is 5. The molecule has 0 aliphatic rings. The zero-order chi connectivity index (χ0) is 19.1. The number of nitrogens with zero attached hydrogens (tertiary/aromatic N) is 2. The Kier molecular flexibility index (Phi) is 6.44. The average Bonchev–Trinajstić information content (AvgIpc) is 2.67. The summed E-state index contributed by atoms with van der Waals surface area (Å²) in [6, 6.07) is 21.8. The van der Waals surface area contributed by atoms with Crippen LogP contribution in [0.2, 0.25) is 0 Å². The van der Waals surface area contributed by atoms with Crippen LogP contribution >= 0.6 is 11.8 Å². The molecule has 2 aromatic carbocycles. The van der Waals surface area contributed by atoms with Crippen LogP contribution in [0.3, 0.4) is 0 Å². The van der Waals surface area contributed by atoms with Gasteiger partial charge in [0.15, 0.2) is 5.16 Å². The van der Waals surface area contributed by atoms with Crippen LogP contribution in [0.1, 0.15) is 22.9 Å². The van der Waals surface area contributed by atoms with Gasteiger partial charge in [-0.2, -0.15) is 0 Å². The molecule has 1 heterocycles. The molecule has 0 fully saturated rings. The minimum Gasteiger partial charge on any atom is -0.384 e. The van der Waals surface area contributed by atoms with Gasteiger partial charge in [-0.25, -0.2) is 9.97 Å². The van der Waals surface area contributed by atoms with Crippen LogP contribution in [0, 0.1) is 6.92 Å². The van der Waals surface area contributed by atoms with Gasteiger partial charge in [0.25, 0.3) is 0 Å². The fourth-order valence-electron chi connectivity index (χ4n) is 2.78. The Balaban J connectivity index is 1.66. The largest absolute Gasteiger partial charge is 0.384 e. The molecule has 1 atom stereocenters. The average molecular weight is 379 g/mol. The lowest BCUT2D eigenvalue weighted by molar-refractivity contribution is -0.119. The summed E-state index contributed by atoms with van der Waals surface area (Å²) in [6.45, 7) is 1.85. The predicted octanol–water partition coefficient (Wildman–Crippen LogP) is 3.56. The molecule has 3 aromatic rings. The third-order valence-corrected chi connectivity index (χ3v) is 4.85. The van der Waals surface area contributed by atoms with Crippen molar-refractivity contribution in [3.8, 4) is 0 Å². The van der Waals surface area contributed by atoms with Gasteiger partial charge in [-0.3, -0.25) is 4.79 Å². The molecule has 0 aliphatic carbocycles. The Labute approximate surface area is 163 Å². The molecule has 1 aromatic heterocycles. The maximum Gasteiger partial charge on any atom is 0.230 e. The Bertz CT molecular complexity index is 867. The molecule has 5 nitrogen and oxygen atoms in total. The smallest absolute Gasteiger partial charge is 0.230 e. The molecule has 3 rings (SSSR count). The highest BCUT2D eigenvalue weighted by Crippen LogP contribution is 2.20. The van der Waals surface area contributed by atoms with E-state index in [1.807, 2.05) is 55.5 Å². The monoisotopic (exact) mass is 378 g/mol. The lowest BCUT2D eigenvalue weighted by Crippen LogP contribution is -2.31. The number of nitrogen functional groups attached to an aromatic ring is 1. The highest BCUT2D eigenvalue weighted by atomic mass is 32.2. The van der Waals surface area contributed by atoms with E-state index in [1.54, 1.807) is 6.07 Å². The van der Waals surface area contributed by atoms with E-state index in [2.05, 4.69) is 27.4 Å². The Morgan fingerprint density at radius 3 is 2.41 bits per heavy atom. The highest BCUT2D eigenvalue weighted by Gasteiger charge is 2.16. The van der Waals surface area contributed by atoms with Crippen molar-refractivity contribution in [3.63, 3.8) is 0 Å². The molecule has 27 heavy (non-hydrogen) atoms. The van der Waals surface area contributed by atoms with Crippen LogP contribution in [0.15, 0.2) is 71.9 Å². The van der Waals surface area contributed by atoms with Gasteiger partial charge < -0.3 is 11.1 Å². The zero-order valence-corrected chi connectivity index (χ0v) is 15.9. The minimum atomic E-state index is -0.0924. The third kappa shape index (κ3) is 5.82.